The van der Waals surface area contributed by atoms with E-state index in [2.05, 4.69) is 10.3 Å². The van der Waals surface area contributed by atoms with Gasteiger partial charge in [-0.15, -0.1) is 0 Å². The average Bonchev–Trinajstić information content (AvgIpc) is 3.29. The van der Waals surface area contributed by atoms with Crippen LogP contribution in [-0.4, -0.2) is 44.6 Å². The quantitative estimate of drug-likeness (QED) is 0.626. The van der Waals surface area contributed by atoms with Gasteiger partial charge >= 0.3 is 0 Å². The van der Waals surface area contributed by atoms with Crippen LogP contribution in [0.4, 0.5) is 0 Å². The summed E-state index contributed by atoms with van der Waals surface area (Å²) >= 11 is 0. The first-order chi connectivity index (χ1) is 9.88. The van der Waals surface area contributed by atoms with E-state index in [0.717, 1.165) is 18.7 Å². The van der Waals surface area contributed by atoms with Gasteiger partial charge in [0.2, 0.25) is 5.88 Å². The highest BCUT2D eigenvalue weighted by atomic mass is 16.5. The molecular formula is C15H24N2O3. The molecule has 0 atom stereocenters. The molecule has 0 aromatic carbocycles. The van der Waals surface area contributed by atoms with Crippen molar-refractivity contribution in [3.63, 3.8) is 0 Å². The third kappa shape index (κ3) is 6.32. The summed E-state index contributed by atoms with van der Waals surface area (Å²) in [6, 6.07) is 6.61. The zero-order chi connectivity index (χ0) is 14.0. The van der Waals surface area contributed by atoms with Gasteiger partial charge in [0.05, 0.1) is 25.5 Å². The fraction of sp³-hybridized carbons (Fsp3) is 0.667. The molecule has 1 saturated carbocycles. The lowest BCUT2D eigenvalue weighted by atomic mass is 10.3. The van der Waals surface area contributed by atoms with Crippen LogP contribution in [0.15, 0.2) is 18.2 Å². The van der Waals surface area contributed by atoms with Crippen LogP contribution in [0.25, 0.3) is 0 Å². The predicted octanol–water partition coefficient (Wildman–Crippen LogP) is 1.77. The third-order valence-corrected chi connectivity index (χ3v) is 3.05. The fourth-order valence-corrected chi connectivity index (χ4v) is 1.75. The van der Waals surface area contributed by atoms with E-state index in [1.54, 1.807) is 7.11 Å². The molecule has 0 bridgehead atoms. The van der Waals surface area contributed by atoms with Crippen molar-refractivity contribution in [1.29, 1.82) is 0 Å². The number of methoxy groups -OCH3 is 1. The smallest absolute Gasteiger partial charge is 0.213 e. The lowest BCUT2D eigenvalue weighted by Crippen LogP contribution is -2.16. The average molecular weight is 280 g/mol. The number of hydrogen-bond acceptors (Lipinski definition) is 5. The van der Waals surface area contributed by atoms with Gasteiger partial charge in [0.1, 0.15) is 0 Å². The van der Waals surface area contributed by atoms with Gasteiger partial charge in [-0.1, -0.05) is 6.07 Å². The maximum Gasteiger partial charge on any atom is 0.213 e. The minimum Gasteiger partial charge on any atom is -0.478 e. The summed E-state index contributed by atoms with van der Waals surface area (Å²) in [6.07, 6.45) is 3.44. The molecule has 0 aliphatic heterocycles. The Morgan fingerprint density at radius 3 is 2.90 bits per heavy atom. The number of hydrogen-bond donors (Lipinski definition) is 1. The molecule has 5 heteroatoms. The maximum atomic E-state index is 5.63. The van der Waals surface area contributed by atoms with E-state index in [0.29, 0.717) is 38.3 Å². The van der Waals surface area contributed by atoms with Crippen molar-refractivity contribution in [3.8, 4) is 5.88 Å². The molecule has 1 N–H and O–H groups in total. The highest BCUT2D eigenvalue weighted by Crippen LogP contribution is 2.19. The summed E-state index contributed by atoms with van der Waals surface area (Å²) in [6.45, 7) is 3.41. The Morgan fingerprint density at radius 2 is 2.10 bits per heavy atom. The molecule has 0 unspecified atom stereocenters. The first kappa shape index (κ1) is 15.2. The summed E-state index contributed by atoms with van der Waals surface area (Å²) < 4.78 is 15.9. The predicted molar refractivity (Wildman–Crippen MR) is 76.9 cm³/mol. The van der Waals surface area contributed by atoms with Gasteiger partial charge in [-0.2, -0.15) is 0 Å². The summed E-state index contributed by atoms with van der Waals surface area (Å²) in [7, 11) is 1.67. The molecule has 0 saturated heterocycles. The molecule has 1 aromatic rings. The van der Waals surface area contributed by atoms with Crippen molar-refractivity contribution in [2.75, 3.05) is 33.5 Å². The van der Waals surface area contributed by atoms with E-state index in [9.17, 15) is 0 Å². The molecule has 1 aliphatic carbocycles. The standard InChI is InChI=1S/C15H24N2O3/c1-18-10-11-19-8-3-9-20-15-5-2-4-14(17-15)12-16-13-6-7-13/h2,4-5,13,16H,3,6-12H2,1H3. The lowest BCUT2D eigenvalue weighted by Gasteiger charge is -2.08. The van der Waals surface area contributed by atoms with Gasteiger partial charge in [0, 0.05) is 38.8 Å². The number of nitrogens with one attached hydrogen (secondary N) is 1. The Kier molecular flexibility index (Phi) is 6.77. The summed E-state index contributed by atoms with van der Waals surface area (Å²) in [5.74, 6) is 0.692. The number of nitrogens with zero attached hydrogens (tertiary/aromatic N) is 1. The van der Waals surface area contributed by atoms with Gasteiger partial charge < -0.3 is 19.5 Å². The van der Waals surface area contributed by atoms with Gasteiger partial charge in [-0.3, -0.25) is 0 Å². The summed E-state index contributed by atoms with van der Waals surface area (Å²) in [4.78, 5) is 4.47. The molecule has 1 fully saturated rings. The van der Waals surface area contributed by atoms with Crippen LogP contribution in [0.1, 0.15) is 25.0 Å². The zero-order valence-corrected chi connectivity index (χ0v) is 12.1. The zero-order valence-electron chi connectivity index (χ0n) is 12.1. The van der Waals surface area contributed by atoms with E-state index >= 15 is 0 Å². The van der Waals surface area contributed by atoms with Gasteiger partial charge in [-0.25, -0.2) is 4.98 Å². The Bertz CT molecular complexity index is 383. The monoisotopic (exact) mass is 280 g/mol. The summed E-state index contributed by atoms with van der Waals surface area (Å²) in [5, 5.41) is 3.45. The van der Waals surface area contributed by atoms with Crippen LogP contribution in [0.3, 0.4) is 0 Å². The maximum absolute atomic E-state index is 5.63. The Hall–Kier alpha value is -1.17. The minimum atomic E-state index is 0.624. The minimum absolute atomic E-state index is 0.624. The van der Waals surface area contributed by atoms with Gasteiger partial charge in [0.25, 0.3) is 0 Å². The van der Waals surface area contributed by atoms with Gasteiger partial charge in [0.15, 0.2) is 0 Å². The van der Waals surface area contributed by atoms with Crippen molar-refractivity contribution < 1.29 is 14.2 Å². The van der Waals surface area contributed by atoms with E-state index in [1.807, 2.05) is 18.2 Å². The van der Waals surface area contributed by atoms with Crippen LogP contribution in [-0.2, 0) is 16.0 Å². The van der Waals surface area contributed by atoms with Crippen molar-refractivity contribution in [3.05, 3.63) is 23.9 Å². The van der Waals surface area contributed by atoms with Crippen molar-refractivity contribution >= 4 is 0 Å². The molecular weight excluding hydrogens is 256 g/mol. The number of ether oxygens (including phenoxy) is 3. The highest BCUT2D eigenvalue weighted by molar-refractivity contribution is 5.15. The fourth-order valence-electron chi connectivity index (χ4n) is 1.75. The molecule has 5 nitrogen and oxygen atoms in total. The molecule has 0 spiro atoms. The Labute approximate surface area is 120 Å². The van der Waals surface area contributed by atoms with Crippen molar-refractivity contribution in [2.45, 2.75) is 31.8 Å². The van der Waals surface area contributed by atoms with Crippen molar-refractivity contribution in [1.82, 2.24) is 10.3 Å². The normalized spacial score (nSPS) is 14.4. The third-order valence-electron chi connectivity index (χ3n) is 3.05. The highest BCUT2D eigenvalue weighted by Gasteiger charge is 2.20. The molecule has 0 amide bonds. The van der Waals surface area contributed by atoms with Gasteiger partial charge in [-0.05, 0) is 18.9 Å². The second-order valence-electron chi connectivity index (χ2n) is 4.93. The number of pyridine rings is 1. The molecule has 1 aliphatic rings. The SMILES string of the molecule is COCCOCCCOc1cccc(CNC2CC2)n1. The summed E-state index contributed by atoms with van der Waals surface area (Å²) in [5.41, 5.74) is 1.03. The molecule has 20 heavy (non-hydrogen) atoms. The second kappa shape index (κ2) is 8.89. The molecule has 0 radical (unpaired) electrons. The topological polar surface area (TPSA) is 52.6 Å². The van der Waals surface area contributed by atoms with Crippen LogP contribution in [0.2, 0.25) is 0 Å². The van der Waals surface area contributed by atoms with E-state index < -0.39 is 0 Å². The first-order valence-corrected chi connectivity index (χ1v) is 7.27. The molecule has 1 aromatic heterocycles. The van der Waals surface area contributed by atoms with Crippen LogP contribution in [0, 0.1) is 0 Å². The van der Waals surface area contributed by atoms with Crippen molar-refractivity contribution in [2.24, 2.45) is 0 Å². The molecule has 2 rings (SSSR count). The first-order valence-electron chi connectivity index (χ1n) is 7.27. The van der Waals surface area contributed by atoms with E-state index in [4.69, 9.17) is 14.2 Å². The largest absolute Gasteiger partial charge is 0.478 e. The van der Waals surface area contributed by atoms with E-state index in [-0.39, 0.29) is 0 Å². The Morgan fingerprint density at radius 1 is 1.20 bits per heavy atom. The van der Waals surface area contributed by atoms with E-state index in [1.165, 1.54) is 12.8 Å². The van der Waals surface area contributed by atoms with Crippen LogP contribution in [0.5, 0.6) is 5.88 Å². The van der Waals surface area contributed by atoms with Crippen LogP contribution >= 0.6 is 0 Å². The van der Waals surface area contributed by atoms with Crippen LogP contribution < -0.4 is 10.1 Å². The molecule has 1 heterocycles. The molecule has 112 valence electrons. The number of rotatable bonds is 11. The number of aromatic nitrogens is 1. The lowest BCUT2D eigenvalue weighted by molar-refractivity contribution is 0.0642. The second-order valence-corrected chi connectivity index (χ2v) is 4.93. The Balaban J connectivity index is 1.58.